The average molecular weight is 570 g/mol. The molecule has 216 valence electrons. The van der Waals surface area contributed by atoms with Crippen LogP contribution in [0.25, 0.3) is 22.3 Å². The number of nitrogens with one attached hydrogen (secondary N) is 1. The Hall–Kier alpha value is -4.76. The summed E-state index contributed by atoms with van der Waals surface area (Å²) in [5.41, 5.74) is 5.69. The number of nitrogens with zero attached hydrogens (tertiary/aromatic N) is 2. The van der Waals surface area contributed by atoms with Gasteiger partial charge < -0.3 is 19.7 Å². The number of hydrogen-bond donors (Lipinski definition) is 2. The fourth-order valence-corrected chi connectivity index (χ4v) is 5.44. The van der Waals surface area contributed by atoms with Crippen LogP contribution in [0, 0.1) is 25.6 Å². The molecule has 1 saturated heterocycles. The molecule has 1 fully saturated rings. The van der Waals surface area contributed by atoms with Crippen LogP contribution in [0.4, 0.5) is 10.1 Å². The summed E-state index contributed by atoms with van der Waals surface area (Å²) in [6, 6.07) is 17.8. The summed E-state index contributed by atoms with van der Waals surface area (Å²) in [6.45, 7) is 4.89. The van der Waals surface area contributed by atoms with E-state index in [4.69, 9.17) is 9.84 Å². The number of carbonyl (C=O) groups excluding carboxylic acids is 1. The van der Waals surface area contributed by atoms with Crippen molar-refractivity contribution < 1.29 is 23.8 Å². The molecule has 0 bridgehead atoms. The van der Waals surface area contributed by atoms with Gasteiger partial charge in [-0.15, -0.1) is 0 Å². The molecule has 9 heteroatoms. The van der Waals surface area contributed by atoms with Gasteiger partial charge in [0, 0.05) is 44.1 Å². The van der Waals surface area contributed by atoms with Crippen LogP contribution >= 0.6 is 0 Å². The molecule has 0 radical (unpaired) electrons. The van der Waals surface area contributed by atoms with E-state index < -0.39 is 23.6 Å². The van der Waals surface area contributed by atoms with E-state index in [9.17, 15) is 14.4 Å². The smallest absolute Gasteiger partial charge is 0.309 e. The Morgan fingerprint density at radius 2 is 1.67 bits per heavy atom. The van der Waals surface area contributed by atoms with E-state index in [0.717, 1.165) is 27.8 Å². The number of carbonyl (C=O) groups is 2. The molecule has 5 rings (SSSR count). The zero-order valence-electron chi connectivity index (χ0n) is 23.9. The summed E-state index contributed by atoms with van der Waals surface area (Å²) in [6.07, 6.45) is 1.60. The number of benzene rings is 3. The SMILES string of the molecule is COc1cc(-c2cccc(-c3cccc(NC(=O)c4cccn(C)c4=O)c3C)c2C)cc(F)c1CN1CC(C(=O)O)C1. The highest BCUT2D eigenvalue weighted by Gasteiger charge is 2.33. The van der Waals surface area contributed by atoms with Gasteiger partial charge in [0.15, 0.2) is 0 Å². The largest absolute Gasteiger partial charge is 0.496 e. The van der Waals surface area contributed by atoms with Crippen LogP contribution in [0.2, 0.25) is 0 Å². The predicted molar refractivity (Wildman–Crippen MR) is 159 cm³/mol. The molecule has 42 heavy (non-hydrogen) atoms. The van der Waals surface area contributed by atoms with E-state index in [1.165, 1.54) is 23.8 Å². The number of pyridine rings is 1. The summed E-state index contributed by atoms with van der Waals surface area (Å²) < 4.78 is 22.4. The first-order valence-electron chi connectivity index (χ1n) is 13.6. The number of hydrogen-bond acceptors (Lipinski definition) is 5. The molecular weight excluding hydrogens is 537 g/mol. The van der Waals surface area contributed by atoms with Crippen molar-refractivity contribution in [3.63, 3.8) is 0 Å². The van der Waals surface area contributed by atoms with Crippen molar-refractivity contribution >= 4 is 17.6 Å². The Labute approximate surface area is 243 Å². The lowest BCUT2D eigenvalue weighted by molar-refractivity contribution is -0.147. The summed E-state index contributed by atoms with van der Waals surface area (Å²) >= 11 is 0. The number of methoxy groups -OCH3 is 1. The van der Waals surface area contributed by atoms with Gasteiger partial charge >= 0.3 is 5.97 Å². The zero-order valence-corrected chi connectivity index (χ0v) is 23.9. The van der Waals surface area contributed by atoms with Crippen LogP contribution in [0.5, 0.6) is 5.75 Å². The number of aliphatic carboxylic acids is 1. The van der Waals surface area contributed by atoms with Gasteiger partial charge in [-0.2, -0.15) is 0 Å². The maximum absolute atomic E-state index is 15.5. The van der Waals surface area contributed by atoms with Crippen molar-refractivity contribution in [3.8, 4) is 28.0 Å². The van der Waals surface area contributed by atoms with Crippen molar-refractivity contribution in [1.29, 1.82) is 0 Å². The van der Waals surface area contributed by atoms with Crippen LogP contribution in [0.15, 0.2) is 71.7 Å². The number of ether oxygens (including phenoxy) is 1. The summed E-state index contributed by atoms with van der Waals surface area (Å²) in [7, 11) is 3.09. The van der Waals surface area contributed by atoms with Gasteiger partial charge in [-0.05, 0) is 77.6 Å². The molecule has 0 atom stereocenters. The second kappa shape index (κ2) is 11.6. The van der Waals surface area contributed by atoms with Gasteiger partial charge in [0.25, 0.3) is 11.5 Å². The Kier molecular flexibility index (Phi) is 7.95. The van der Waals surface area contributed by atoms with Gasteiger partial charge in [-0.3, -0.25) is 19.3 Å². The molecule has 0 unspecified atom stereocenters. The van der Waals surface area contributed by atoms with Crippen molar-refractivity contribution in [2.24, 2.45) is 13.0 Å². The molecule has 0 spiro atoms. The van der Waals surface area contributed by atoms with E-state index in [1.807, 2.05) is 55.1 Å². The lowest BCUT2D eigenvalue weighted by Crippen LogP contribution is -2.49. The molecule has 1 aliphatic rings. The molecule has 4 aromatic rings. The van der Waals surface area contributed by atoms with Crippen LogP contribution in [-0.4, -0.2) is 46.6 Å². The number of anilines is 1. The summed E-state index contributed by atoms with van der Waals surface area (Å²) in [4.78, 5) is 38.4. The topological polar surface area (TPSA) is 101 Å². The Balaban J connectivity index is 1.45. The number of carboxylic acids is 1. The van der Waals surface area contributed by atoms with Crippen molar-refractivity contribution in [1.82, 2.24) is 9.47 Å². The predicted octanol–water partition coefficient (Wildman–Crippen LogP) is 5.25. The molecule has 0 saturated carbocycles. The first-order valence-corrected chi connectivity index (χ1v) is 13.6. The molecule has 8 nitrogen and oxygen atoms in total. The van der Waals surface area contributed by atoms with Gasteiger partial charge in [0.2, 0.25) is 0 Å². The monoisotopic (exact) mass is 569 g/mol. The van der Waals surface area contributed by atoms with Crippen molar-refractivity contribution in [2.75, 3.05) is 25.5 Å². The number of carboxylic acid groups (broad SMARTS) is 1. The Morgan fingerprint density at radius 3 is 2.36 bits per heavy atom. The van der Waals surface area contributed by atoms with Gasteiger partial charge in [-0.1, -0.05) is 30.3 Å². The minimum absolute atomic E-state index is 0.0539. The van der Waals surface area contributed by atoms with Crippen LogP contribution in [0.1, 0.15) is 27.0 Å². The fraction of sp³-hybridized carbons (Fsp3) is 0.242. The van der Waals surface area contributed by atoms with Gasteiger partial charge in [-0.25, -0.2) is 4.39 Å². The van der Waals surface area contributed by atoms with E-state index >= 15 is 4.39 Å². The molecular formula is C33H32FN3O5. The summed E-state index contributed by atoms with van der Waals surface area (Å²) in [5, 5.41) is 12.0. The molecule has 1 aliphatic heterocycles. The Bertz CT molecular complexity index is 1760. The quantitative estimate of drug-likeness (QED) is 0.301. The third-order valence-corrected chi connectivity index (χ3v) is 7.95. The zero-order chi connectivity index (χ0) is 30.1. The summed E-state index contributed by atoms with van der Waals surface area (Å²) in [5.74, 6) is -1.76. The van der Waals surface area contributed by atoms with E-state index in [0.29, 0.717) is 35.7 Å². The second-order valence-electron chi connectivity index (χ2n) is 10.6. The fourth-order valence-electron chi connectivity index (χ4n) is 5.44. The second-order valence-corrected chi connectivity index (χ2v) is 10.6. The van der Waals surface area contributed by atoms with Gasteiger partial charge in [0.1, 0.15) is 17.1 Å². The highest BCUT2D eigenvalue weighted by molar-refractivity contribution is 6.05. The lowest BCUT2D eigenvalue weighted by Gasteiger charge is -2.36. The minimum atomic E-state index is -0.838. The lowest BCUT2D eigenvalue weighted by atomic mass is 9.90. The van der Waals surface area contributed by atoms with E-state index in [2.05, 4.69) is 5.32 Å². The number of rotatable bonds is 8. The van der Waals surface area contributed by atoms with Crippen molar-refractivity contribution in [3.05, 3.63) is 105 Å². The maximum Gasteiger partial charge on any atom is 0.309 e. The standard InChI is InChI=1S/C33H32FN3O5/c1-19-23(21-14-28(34)27(30(15-21)42-4)18-37-16-22(17-37)33(40)41)8-5-9-24(19)25-10-6-12-29(20(25)2)35-31(38)26-11-7-13-36(3)32(26)39/h5-15,22H,16-18H2,1-4H3,(H,35,38)(H,40,41). The molecule has 2 N–H and O–H groups in total. The number of halogens is 1. The minimum Gasteiger partial charge on any atom is -0.496 e. The number of aromatic nitrogens is 1. The highest BCUT2D eigenvalue weighted by atomic mass is 19.1. The van der Waals surface area contributed by atoms with E-state index in [-0.39, 0.29) is 17.7 Å². The third kappa shape index (κ3) is 5.43. The van der Waals surface area contributed by atoms with Crippen molar-refractivity contribution in [2.45, 2.75) is 20.4 Å². The first kappa shape index (κ1) is 28.8. The van der Waals surface area contributed by atoms with E-state index in [1.54, 1.807) is 25.4 Å². The van der Waals surface area contributed by atoms with Gasteiger partial charge in [0.05, 0.1) is 13.0 Å². The molecule has 1 aromatic heterocycles. The maximum atomic E-state index is 15.5. The van der Waals surface area contributed by atoms with Crippen LogP contribution in [-0.2, 0) is 18.4 Å². The third-order valence-electron chi connectivity index (χ3n) is 7.95. The molecule has 3 aromatic carbocycles. The normalized spacial score (nSPS) is 13.5. The number of amides is 1. The average Bonchev–Trinajstić information content (AvgIpc) is 2.93. The van der Waals surface area contributed by atoms with Crippen LogP contribution in [0.3, 0.4) is 0 Å². The highest BCUT2D eigenvalue weighted by Crippen LogP contribution is 2.38. The Morgan fingerprint density at radius 1 is 1.00 bits per heavy atom. The first-order chi connectivity index (χ1) is 20.1. The number of likely N-dealkylation sites (tertiary alicyclic amines) is 1. The molecule has 1 amide bonds. The number of aryl methyl sites for hydroxylation is 1. The molecule has 0 aliphatic carbocycles. The van der Waals surface area contributed by atoms with Crippen LogP contribution < -0.4 is 15.6 Å². The molecule has 2 heterocycles.